The summed E-state index contributed by atoms with van der Waals surface area (Å²) in [4.78, 5) is 21.9. The number of nitrogens with one attached hydrogen (secondary N) is 1. The first kappa shape index (κ1) is 18.4. The van der Waals surface area contributed by atoms with Crippen molar-refractivity contribution in [3.05, 3.63) is 88.2 Å². The van der Waals surface area contributed by atoms with Crippen molar-refractivity contribution in [2.75, 3.05) is 5.32 Å². The molecule has 0 bridgehead atoms. The normalized spacial score (nSPS) is 10.8. The van der Waals surface area contributed by atoms with Gasteiger partial charge in [-0.15, -0.1) is 0 Å². The molecule has 2 aromatic heterocycles. The van der Waals surface area contributed by atoms with Crippen LogP contribution >= 0.6 is 23.2 Å². The number of aryl methyl sites for hydroxylation is 1. The molecule has 4 rings (SSSR count). The Morgan fingerprint density at radius 1 is 0.964 bits per heavy atom. The summed E-state index contributed by atoms with van der Waals surface area (Å²) in [6.07, 6.45) is 3.40. The van der Waals surface area contributed by atoms with E-state index < -0.39 is 0 Å². The molecule has 0 fully saturated rings. The maximum atomic E-state index is 13.1. The third-order valence-corrected chi connectivity index (χ3v) is 4.91. The Morgan fingerprint density at radius 3 is 2.50 bits per heavy atom. The number of carbonyl (C=O) groups excluding carboxylic acids is 1. The third kappa shape index (κ3) is 3.70. The van der Waals surface area contributed by atoms with E-state index in [9.17, 15) is 4.79 Å². The molecule has 1 N–H and O–H groups in total. The van der Waals surface area contributed by atoms with Gasteiger partial charge in [0.2, 0.25) is 0 Å². The van der Waals surface area contributed by atoms with Crippen LogP contribution in [0.1, 0.15) is 15.9 Å². The van der Waals surface area contributed by atoms with E-state index in [2.05, 4.69) is 10.3 Å². The number of nitrogens with zero attached hydrogens (tertiary/aromatic N) is 2. The van der Waals surface area contributed by atoms with E-state index in [0.717, 1.165) is 22.0 Å². The first-order chi connectivity index (χ1) is 13.5. The molecule has 1 amide bonds. The number of aromatic nitrogens is 2. The lowest BCUT2D eigenvalue weighted by atomic mass is 10.0. The molecule has 0 aliphatic carbocycles. The SMILES string of the molecule is Cc1ccc2nc(-c3ccncc3)cc(C(=O)Nc3ccc(Cl)cc3Cl)c2c1. The van der Waals surface area contributed by atoms with Gasteiger partial charge < -0.3 is 5.32 Å². The topological polar surface area (TPSA) is 54.9 Å². The predicted octanol–water partition coefficient (Wildman–Crippen LogP) is 6.16. The largest absolute Gasteiger partial charge is 0.321 e. The molecule has 4 aromatic rings. The minimum Gasteiger partial charge on any atom is -0.321 e. The summed E-state index contributed by atoms with van der Waals surface area (Å²) in [6, 6.07) is 16.3. The summed E-state index contributed by atoms with van der Waals surface area (Å²) in [6.45, 7) is 1.98. The molecule has 0 aliphatic heterocycles. The highest BCUT2D eigenvalue weighted by molar-refractivity contribution is 6.37. The predicted molar refractivity (Wildman–Crippen MR) is 114 cm³/mol. The zero-order valence-electron chi connectivity index (χ0n) is 14.9. The summed E-state index contributed by atoms with van der Waals surface area (Å²) < 4.78 is 0. The van der Waals surface area contributed by atoms with Crippen molar-refractivity contribution in [1.29, 1.82) is 0 Å². The van der Waals surface area contributed by atoms with Crippen LogP contribution in [-0.2, 0) is 0 Å². The minimum absolute atomic E-state index is 0.266. The van der Waals surface area contributed by atoms with E-state index >= 15 is 0 Å². The van der Waals surface area contributed by atoms with Gasteiger partial charge in [-0.25, -0.2) is 4.98 Å². The quantitative estimate of drug-likeness (QED) is 0.442. The number of anilines is 1. The fraction of sp³-hybridized carbons (Fsp3) is 0.0455. The lowest BCUT2D eigenvalue weighted by Gasteiger charge is -2.12. The van der Waals surface area contributed by atoms with Crippen molar-refractivity contribution in [1.82, 2.24) is 9.97 Å². The van der Waals surface area contributed by atoms with Gasteiger partial charge in [0, 0.05) is 28.4 Å². The van der Waals surface area contributed by atoms with Gasteiger partial charge in [-0.05, 0) is 55.5 Å². The molecule has 0 spiro atoms. The number of hydrogen-bond acceptors (Lipinski definition) is 3. The molecule has 2 heterocycles. The van der Waals surface area contributed by atoms with Crippen molar-refractivity contribution in [2.45, 2.75) is 6.92 Å². The number of fused-ring (bicyclic) bond motifs is 1. The lowest BCUT2D eigenvalue weighted by molar-refractivity contribution is 0.102. The Hall–Kier alpha value is -2.95. The molecule has 28 heavy (non-hydrogen) atoms. The van der Waals surface area contributed by atoms with Crippen molar-refractivity contribution in [3.63, 3.8) is 0 Å². The van der Waals surface area contributed by atoms with Crippen molar-refractivity contribution in [2.24, 2.45) is 0 Å². The van der Waals surface area contributed by atoms with Gasteiger partial charge in [0.1, 0.15) is 0 Å². The number of benzene rings is 2. The van der Waals surface area contributed by atoms with Crippen LogP contribution in [0.15, 0.2) is 67.0 Å². The maximum Gasteiger partial charge on any atom is 0.256 e. The average Bonchev–Trinajstić information content (AvgIpc) is 2.70. The molecule has 4 nitrogen and oxygen atoms in total. The summed E-state index contributed by atoms with van der Waals surface area (Å²) in [7, 11) is 0. The molecule has 2 aromatic carbocycles. The van der Waals surface area contributed by atoms with Crippen LogP contribution in [0.25, 0.3) is 22.2 Å². The molecule has 0 aliphatic rings. The highest BCUT2D eigenvalue weighted by Gasteiger charge is 2.16. The van der Waals surface area contributed by atoms with Crippen LogP contribution in [0.4, 0.5) is 5.69 Å². The third-order valence-electron chi connectivity index (χ3n) is 4.36. The zero-order valence-corrected chi connectivity index (χ0v) is 16.4. The number of hydrogen-bond donors (Lipinski definition) is 1. The molecule has 0 radical (unpaired) electrons. The number of pyridine rings is 2. The van der Waals surface area contributed by atoms with E-state index in [1.54, 1.807) is 36.7 Å². The second-order valence-electron chi connectivity index (χ2n) is 6.39. The fourth-order valence-corrected chi connectivity index (χ4v) is 3.43. The zero-order chi connectivity index (χ0) is 19.7. The molecule has 0 saturated carbocycles. The molecule has 0 unspecified atom stereocenters. The number of carbonyl (C=O) groups is 1. The Morgan fingerprint density at radius 2 is 1.75 bits per heavy atom. The summed E-state index contributed by atoms with van der Waals surface area (Å²) >= 11 is 12.2. The number of rotatable bonds is 3. The van der Waals surface area contributed by atoms with E-state index in [4.69, 9.17) is 28.2 Å². The van der Waals surface area contributed by atoms with Gasteiger partial charge in [-0.1, -0.05) is 34.8 Å². The Labute approximate surface area is 172 Å². The second kappa shape index (κ2) is 7.58. The smallest absolute Gasteiger partial charge is 0.256 e. The fourth-order valence-electron chi connectivity index (χ4n) is 2.98. The Bertz CT molecular complexity index is 1190. The van der Waals surface area contributed by atoms with Gasteiger partial charge >= 0.3 is 0 Å². The van der Waals surface area contributed by atoms with Crippen LogP contribution in [0, 0.1) is 6.92 Å². The van der Waals surface area contributed by atoms with Crippen LogP contribution in [0.3, 0.4) is 0 Å². The molecule has 0 atom stereocenters. The van der Waals surface area contributed by atoms with Crippen LogP contribution in [0.5, 0.6) is 0 Å². The van der Waals surface area contributed by atoms with Gasteiger partial charge in [0.05, 0.1) is 27.5 Å². The summed E-state index contributed by atoms with van der Waals surface area (Å²) in [5.74, 6) is -0.266. The van der Waals surface area contributed by atoms with E-state index in [0.29, 0.717) is 27.0 Å². The van der Waals surface area contributed by atoms with Crippen LogP contribution in [-0.4, -0.2) is 15.9 Å². The van der Waals surface area contributed by atoms with E-state index in [1.807, 2.05) is 37.3 Å². The first-order valence-corrected chi connectivity index (χ1v) is 9.35. The van der Waals surface area contributed by atoms with Gasteiger partial charge in [-0.3, -0.25) is 9.78 Å². The number of halogens is 2. The highest BCUT2D eigenvalue weighted by atomic mass is 35.5. The average molecular weight is 408 g/mol. The van der Waals surface area contributed by atoms with E-state index in [-0.39, 0.29) is 5.91 Å². The van der Waals surface area contributed by atoms with Gasteiger partial charge in [-0.2, -0.15) is 0 Å². The highest BCUT2D eigenvalue weighted by Crippen LogP contribution is 2.29. The van der Waals surface area contributed by atoms with Crippen LogP contribution < -0.4 is 5.32 Å². The number of amides is 1. The van der Waals surface area contributed by atoms with Crippen molar-refractivity contribution >= 4 is 45.7 Å². The molecule has 0 saturated heterocycles. The maximum absolute atomic E-state index is 13.1. The second-order valence-corrected chi connectivity index (χ2v) is 7.23. The van der Waals surface area contributed by atoms with Gasteiger partial charge in [0.15, 0.2) is 0 Å². The van der Waals surface area contributed by atoms with Crippen molar-refractivity contribution in [3.8, 4) is 11.3 Å². The summed E-state index contributed by atoms with van der Waals surface area (Å²) in [5, 5.41) is 4.54. The van der Waals surface area contributed by atoms with Gasteiger partial charge in [0.25, 0.3) is 5.91 Å². The lowest BCUT2D eigenvalue weighted by Crippen LogP contribution is -2.13. The molecule has 138 valence electrons. The Balaban J connectivity index is 1.84. The first-order valence-electron chi connectivity index (χ1n) is 8.59. The minimum atomic E-state index is -0.266. The van der Waals surface area contributed by atoms with Crippen molar-refractivity contribution < 1.29 is 4.79 Å². The monoisotopic (exact) mass is 407 g/mol. The Kier molecular flexibility index (Phi) is 4.99. The van der Waals surface area contributed by atoms with E-state index in [1.165, 1.54) is 0 Å². The molecular weight excluding hydrogens is 393 g/mol. The standard InChI is InChI=1S/C22H15Cl2N3O/c1-13-2-4-19-16(10-13)17(12-21(26-19)14-6-8-25-9-7-14)22(28)27-20-5-3-15(23)11-18(20)24/h2-12H,1H3,(H,27,28). The van der Waals surface area contributed by atoms with Crippen LogP contribution in [0.2, 0.25) is 10.0 Å². The summed E-state index contributed by atoms with van der Waals surface area (Å²) in [5.41, 5.74) is 4.39. The molecule has 6 heteroatoms. The molecular formula is C22H15Cl2N3O.